The summed E-state index contributed by atoms with van der Waals surface area (Å²) in [4.78, 5) is 24.8. The maximum Gasteiger partial charge on any atom is 0.278 e. The Hall–Kier alpha value is -2.48. The third-order valence-electron chi connectivity index (χ3n) is 4.09. The van der Waals surface area contributed by atoms with Gasteiger partial charge in [-0.25, -0.2) is 0 Å². The molecule has 2 atom stereocenters. The van der Waals surface area contributed by atoms with E-state index in [1.807, 2.05) is 0 Å². The minimum absolute atomic E-state index is 0.370. The van der Waals surface area contributed by atoms with Crippen molar-refractivity contribution >= 4 is 17.5 Å². The van der Waals surface area contributed by atoms with Crippen molar-refractivity contribution in [3.63, 3.8) is 0 Å². The van der Waals surface area contributed by atoms with Crippen molar-refractivity contribution in [1.82, 2.24) is 5.32 Å². The Labute approximate surface area is 129 Å². The minimum Gasteiger partial charge on any atom is -0.466 e. The van der Waals surface area contributed by atoms with Crippen LogP contribution in [-0.4, -0.2) is 23.5 Å². The van der Waals surface area contributed by atoms with Crippen LogP contribution in [0.25, 0.3) is 0 Å². The van der Waals surface area contributed by atoms with Gasteiger partial charge in [0.15, 0.2) is 0 Å². The largest absolute Gasteiger partial charge is 0.466 e. The third kappa shape index (κ3) is 2.64. The number of fused-ring (bicyclic) bond motifs is 1. The summed E-state index contributed by atoms with van der Waals surface area (Å²) in [7, 11) is 0. The number of hydrogen-bond donors (Lipinski definition) is 2. The molecule has 1 heterocycles. The lowest BCUT2D eigenvalue weighted by atomic mass is 10.0. The van der Waals surface area contributed by atoms with E-state index in [2.05, 4.69) is 16.6 Å². The molecule has 22 heavy (non-hydrogen) atoms. The van der Waals surface area contributed by atoms with Crippen molar-refractivity contribution in [2.24, 2.45) is 5.92 Å². The van der Waals surface area contributed by atoms with Crippen molar-refractivity contribution in [2.75, 3.05) is 5.32 Å². The van der Waals surface area contributed by atoms with Gasteiger partial charge in [-0.1, -0.05) is 30.9 Å². The summed E-state index contributed by atoms with van der Waals surface area (Å²) in [6.07, 6.45) is 8.52. The molecule has 2 aliphatic rings. The molecule has 3 rings (SSSR count). The van der Waals surface area contributed by atoms with Gasteiger partial charge in [-0.15, -0.1) is 6.42 Å². The average Bonchev–Trinajstić information content (AvgIpc) is 3.31. The summed E-state index contributed by atoms with van der Waals surface area (Å²) >= 11 is 0. The van der Waals surface area contributed by atoms with Crippen LogP contribution in [0.4, 0.5) is 5.69 Å². The number of rotatable bonds is 4. The van der Waals surface area contributed by atoms with Gasteiger partial charge in [-0.05, 0) is 31.4 Å². The highest BCUT2D eigenvalue weighted by atomic mass is 16.5. The molecule has 0 radical (unpaired) electrons. The predicted octanol–water partition coefficient (Wildman–Crippen LogP) is 1.69. The van der Waals surface area contributed by atoms with Gasteiger partial charge in [-0.3, -0.25) is 9.59 Å². The molecular formula is C17H18N2O3. The van der Waals surface area contributed by atoms with Crippen LogP contribution in [0.5, 0.6) is 5.75 Å². The Morgan fingerprint density at radius 1 is 1.55 bits per heavy atom. The standard InChI is InChI=1S/C17H18N2O3/c1-3-12(10-11-8-9-11)18-15(20)17(2)16(21)19-13-6-4-5-7-14(13)22-17/h1,4-7,11-12H,8-10H2,2H3,(H,18,20)(H,19,21). The molecule has 2 unspecified atom stereocenters. The molecule has 2 N–H and O–H groups in total. The fourth-order valence-corrected chi connectivity index (χ4v) is 2.47. The number of para-hydroxylation sites is 2. The molecule has 1 fully saturated rings. The Morgan fingerprint density at radius 3 is 2.95 bits per heavy atom. The van der Waals surface area contributed by atoms with Gasteiger partial charge in [-0.2, -0.15) is 0 Å². The molecule has 0 saturated heterocycles. The molecule has 114 valence electrons. The lowest BCUT2D eigenvalue weighted by molar-refractivity contribution is -0.146. The second-order valence-electron chi connectivity index (χ2n) is 5.96. The number of terminal acetylenes is 1. The van der Waals surface area contributed by atoms with Gasteiger partial charge in [0, 0.05) is 0 Å². The van der Waals surface area contributed by atoms with Crippen molar-refractivity contribution in [2.45, 2.75) is 37.8 Å². The highest BCUT2D eigenvalue weighted by Crippen LogP contribution is 2.35. The van der Waals surface area contributed by atoms with E-state index in [-0.39, 0.29) is 6.04 Å². The van der Waals surface area contributed by atoms with Crippen LogP contribution < -0.4 is 15.4 Å². The number of ether oxygens (including phenoxy) is 1. The van der Waals surface area contributed by atoms with Crippen LogP contribution in [0, 0.1) is 18.3 Å². The lowest BCUT2D eigenvalue weighted by Crippen LogP contribution is -2.60. The number of hydrogen-bond acceptors (Lipinski definition) is 3. The fourth-order valence-electron chi connectivity index (χ4n) is 2.47. The summed E-state index contributed by atoms with van der Waals surface area (Å²) in [6.45, 7) is 1.46. The minimum atomic E-state index is -1.62. The van der Waals surface area contributed by atoms with E-state index < -0.39 is 17.4 Å². The number of benzene rings is 1. The number of carbonyl (C=O) groups is 2. The number of anilines is 1. The summed E-state index contributed by atoms with van der Waals surface area (Å²) < 4.78 is 5.67. The maximum atomic E-state index is 12.5. The van der Waals surface area contributed by atoms with Gasteiger partial charge in [0.2, 0.25) is 0 Å². The van der Waals surface area contributed by atoms with E-state index in [0.29, 0.717) is 17.4 Å². The smallest absolute Gasteiger partial charge is 0.278 e. The molecule has 1 aliphatic heterocycles. The summed E-state index contributed by atoms with van der Waals surface area (Å²) in [5.74, 6) is 2.62. The third-order valence-corrected chi connectivity index (χ3v) is 4.09. The molecular weight excluding hydrogens is 280 g/mol. The van der Waals surface area contributed by atoms with Crippen LogP contribution >= 0.6 is 0 Å². The van der Waals surface area contributed by atoms with Crippen molar-refractivity contribution in [3.05, 3.63) is 24.3 Å². The highest BCUT2D eigenvalue weighted by molar-refractivity contribution is 6.15. The topological polar surface area (TPSA) is 67.4 Å². The summed E-state index contributed by atoms with van der Waals surface area (Å²) in [5, 5.41) is 5.45. The van der Waals surface area contributed by atoms with Crippen molar-refractivity contribution in [3.8, 4) is 18.1 Å². The quantitative estimate of drug-likeness (QED) is 0.656. The first-order chi connectivity index (χ1) is 10.5. The molecule has 1 aromatic rings. The average molecular weight is 298 g/mol. The van der Waals surface area contributed by atoms with E-state index in [9.17, 15) is 9.59 Å². The van der Waals surface area contributed by atoms with Crippen LogP contribution in [-0.2, 0) is 9.59 Å². The first-order valence-electron chi connectivity index (χ1n) is 7.39. The molecule has 0 spiro atoms. The van der Waals surface area contributed by atoms with Gasteiger partial charge < -0.3 is 15.4 Å². The number of amides is 2. The Bertz CT molecular complexity index is 660. The van der Waals surface area contributed by atoms with Crippen LogP contribution in [0.3, 0.4) is 0 Å². The Morgan fingerprint density at radius 2 is 2.27 bits per heavy atom. The molecule has 0 aromatic heterocycles. The van der Waals surface area contributed by atoms with E-state index in [0.717, 1.165) is 19.3 Å². The first kappa shape index (κ1) is 14.5. The van der Waals surface area contributed by atoms with Gasteiger partial charge in [0.05, 0.1) is 11.7 Å². The van der Waals surface area contributed by atoms with Gasteiger partial charge in [0.1, 0.15) is 5.75 Å². The normalized spacial score (nSPS) is 24.3. The molecule has 1 aromatic carbocycles. The SMILES string of the molecule is C#CC(CC1CC1)NC(=O)C1(C)Oc2ccccc2NC1=O. The second kappa shape index (κ2) is 5.38. The predicted molar refractivity (Wildman–Crippen MR) is 82.2 cm³/mol. The Kier molecular flexibility index (Phi) is 3.53. The van der Waals surface area contributed by atoms with Crippen LogP contribution in [0.2, 0.25) is 0 Å². The number of nitrogens with one attached hydrogen (secondary N) is 2. The van der Waals surface area contributed by atoms with E-state index >= 15 is 0 Å². The number of carbonyl (C=O) groups excluding carboxylic acids is 2. The van der Waals surface area contributed by atoms with E-state index in [1.54, 1.807) is 24.3 Å². The van der Waals surface area contributed by atoms with E-state index in [1.165, 1.54) is 6.92 Å². The maximum absolute atomic E-state index is 12.5. The second-order valence-corrected chi connectivity index (χ2v) is 5.96. The summed E-state index contributed by atoms with van der Waals surface area (Å²) in [6, 6.07) is 6.64. The lowest BCUT2D eigenvalue weighted by Gasteiger charge is -2.33. The molecule has 2 amide bonds. The fraction of sp³-hybridized carbons (Fsp3) is 0.412. The van der Waals surface area contributed by atoms with Crippen molar-refractivity contribution in [1.29, 1.82) is 0 Å². The molecule has 5 nitrogen and oxygen atoms in total. The van der Waals surface area contributed by atoms with Gasteiger partial charge in [0.25, 0.3) is 17.4 Å². The zero-order valence-electron chi connectivity index (χ0n) is 12.4. The zero-order chi connectivity index (χ0) is 15.7. The molecule has 0 bridgehead atoms. The van der Waals surface area contributed by atoms with E-state index in [4.69, 9.17) is 11.2 Å². The first-order valence-corrected chi connectivity index (χ1v) is 7.39. The summed E-state index contributed by atoms with van der Waals surface area (Å²) in [5.41, 5.74) is -1.06. The molecule has 5 heteroatoms. The highest BCUT2D eigenvalue weighted by Gasteiger charge is 2.47. The monoisotopic (exact) mass is 298 g/mol. The van der Waals surface area contributed by atoms with Gasteiger partial charge >= 0.3 is 0 Å². The molecule has 1 aliphatic carbocycles. The Balaban J connectivity index is 1.76. The molecule has 1 saturated carbocycles. The van der Waals surface area contributed by atoms with Crippen LogP contribution in [0.15, 0.2) is 24.3 Å². The van der Waals surface area contributed by atoms with Crippen molar-refractivity contribution < 1.29 is 14.3 Å². The van der Waals surface area contributed by atoms with Crippen LogP contribution in [0.1, 0.15) is 26.2 Å². The zero-order valence-corrected chi connectivity index (χ0v) is 12.4.